The second-order valence-corrected chi connectivity index (χ2v) is 27.3. The largest absolute Gasteiger partial charge is 0.366 e. The molecule has 0 radical (unpaired) electrons. The fraction of sp³-hybridized carbons (Fsp3) is 0.333. The minimum absolute atomic E-state index is 0.324. The summed E-state index contributed by atoms with van der Waals surface area (Å²) in [6.07, 6.45) is 0. The first-order chi connectivity index (χ1) is 5.84. The fourth-order valence-corrected chi connectivity index (χ4v) is 21.3. The third-order valence-corrected chi connectivity index (χ3v) is 13.2. The van der Waals surface area contributed by atoms with E-state index >= 15 is 0 Å². The van der Waals surface area contributed by atoms with Gasteiger partial charge in [0.15, 0.2) is 0 Å². The van der Waals surface area contributed by atoms with Crippen molar-refractivity contribution < 1.29 is 0 Å². The van der Waals surface area contributed by atoms with Crippen molar-refractivity contribution in [1.29, 1.82) is 0 Å². The van der Waals surface area contributed by atoms with Crippen molar-refractivity contribution in [3.8, 4) is 0 Å². The second-order valence-electron chi connectivity index (χ2n) is 2.49. The summed E-state index contributed by atoms with van der Waals surface area (Å²) in [7, 11) is 0. The Bertz CT molecular complexity index is 214. The Balaban J connectivity index is 5.26. The van der Waals surface area contributed by atoms with E-state index in [1.54, 1.807) is 6.55 Å². The average molecular weight is 408 g/mol. The fourth-order valence-electron chi connectivity index (χ4n) is 0.621. The molecule has 0 saturated carbocycles. The van der Waals surface area contributed by atoms with Crippen molar-refractivity contribution in [2.75, 3.05) is 0 Å². The van der Waals surface area contributed by atoms with E-state index < -0.39 is 18.7 Å². The van der Waals surface area contributed by atoms with Crippen LogP contribution in [0.25, 0.3) is 0 Å². The molecule has 11 heteroatoms. The molecule has 14 heavy (non-hydrogen) atoms. The van der Waals surface area contributed by atoms with Gasteiger partial charge in [-0.15, -0.1) is 88.6 Å². The lowest BCUT2D eigenvalue weighted by atomic mass is 11.2. The SMILES string of the molecule is C[Si](Cl)(Cl)/C(=C/[Si](Cl)(Cl)Cl)[Si](Cl)(Cl)Cl. The smallest absolute Gasteiger partial charge is 0.141 e. The summed E-state index contributed by atoms with van der Waals surface area (Å²) in [6.45, 7) is -1.18. The van der Waals surface area contributed by atoms with Gasteiger partial charge in [0, 0.05) is 0 Å². The van der Waals surface area contributed by atoms with Gasteiger partial charge in [-0.05, 0) is 11.4 Å². The molecule has 0 aliphatic carbocycles. The summed E-state index contributed by atoms with van der Waals surface area (Å²) < 4.78 is 0. The first kappa shape index (κ1) is 16.7. The van der Waals surface area contributed by atoms with Crippen LogP contribution in [0.2, 0.25) is 6.55 Å². The molecule has 0 saturated heterocycles. The summed E-state index contributed by atoms with van der Waals surface area (Å²) in [6, 6.07) is -6.21. The highest BCUT2D eigenvalue weighted by atomic mass is 35.8. The minimum atomic E-state index is -3.17. The molecule has 0 unspecified atom stereocenters. The van der Waals surface area contributed by atoms with Gasteiger partial charge >= 0.3 is 12.0 Å². The lowest BCUT2D eigenvalue weighted by molar-refractivity contribution is 2.07. The molecule has 0 aliphatic rings. The van der Waals surface area contributed by atoms with Crippen LogP contribution < -0.4 is 0 Å². The van der Waals surface area contributed by atoms with Gasteiger partial charge in [-0.25, -0.2) is 0 Å². The third-order valence-electron chi connectivity index (χ3n) is 1.09. The molecule has 0 aliphatic heterocycles. The van der Waals surface area contributed by atoms with Crippen molar-refractivity contribution in [3.05, 3.63) is 10.5 Å². The number of halogens is 8. The van der Waals surface area contributed by atoms with Crippen LogP contribution in [0, 0.1) is 0 Å². The highest BCUT2D eigenvalue weighted by Crippen LogP contribution is 2.41. The van der Waals surface area contributed by atoms with E-state index in [1.165, 1.54) is 5.70 Å². The van der Waals surface area contributed by atoms with Gasteiger partial charge in [0.2, 0.25) is 0 Å². The van der Waals surface area contributed by atoms with Crippen LogP contribution in [0.15, 0.2) is 10.5 Å². The lowest BCUT2D eigenvalue weighted by Crippen LogP contribution is -2.33. The molecule has 0 heterocycles. The van der Waals surface area contributed by atoms with Crippen molar-refractivity contribution in [2.24, 2.45) is 0 Å². The van der Waals surface area contributed by atoms with Gasteiger partial charge in [-0.1, -0.05) is 5.70 Å². The average Bonchev–Trinajstić information content (AvgIpc) is 1.75. The summed E-state index contributed by atoms with van der Waals surface area (Å²) in [5.74, 6) is 0. The Labute approximate surface area is 123 Å². The molecule has 0 N–H and O–H groups in total. The Morgan fingerprint density at radius 2 is 1.21 bits per heavy atom. The van der Waals surface area contributed by atoms with Crippen LogP contribution in [0.3, 0.4) is 0 Å². The summed E-state index contributed by atoms with van der Waals surface area (Å²) in [5, 5.41) is 0. The topological polar surface area (TPSA) is 0 Å². The van der Waals surface area contributed by atoms with Crippen LogP contribution in [0.1, 0.15) is 0 Å². The Morgan fingerprint density at radius 3 is 1.29 bits per heavy atom. The van der Waals surface area contributed by atoms with Gasteiger partial charge in [0.1, 0.15) is 0 Å². The van der Waals surface area contributed by atoms with E-state index in [1.807, 2.05) is 0 Å². The molecule has 0 aromatic rings. The minimum Gasteiger partial charge on any atom is -0.141 e. The first-order valence-corrected chi connectivity index (χ1v) is 17.8. The molecule has 0 amide bonds. The van der Waals surface area contributed by atoms with E-state index in [9.17, 15) is 0 Å². The maximum Gasteiger partial charge on any atom is 0.366 e. The van der Waals surface area contributed by atoms with Crippen molar-refractivity contribution >= 4 is 107 Å². The first-order valence-electron chi connectivity index (χ1n) is 3.09. The van der Waals surface area contributed by atoms with Crippen LogP contribution in [-0.4, -0.2) is 18.7 Å². The van der Waals surface area contributed by atoms with Crippen LogP contribution in [-0.2, 0) is 0 Å². The van der Waals surface area contributed by atoms with E-state index in [0.29, 0.717) is 4.82 Å². The van der Waals surface area contributed by atoms with E-state index in [4.69, 9.17) is 88.6 Å². The molecular weight excluding hydrogens is 404 g/mol. The van der Waals surface area contributed by atoms with E-state index in [2.05, 4.69) is 0 Å². The third kappa shape index (κ3) is 7.12. The molecule has 0 aromatic carbocycles. The second kappa shape index (κ2) is 5.57. The highest BCUT2D eigenvalue weighted by molar-refractivity contribution is 7.75. The standard InChI is InChI=1S/C3H4Cl8Si3/c1-12(4,5)3(14(9,10)11)2-13(6,7)8/h2H,1H3/b3-2-. The zero-order valence-corrected chi connectivity index (χ0v) is 15.6. The monoisotopic (exact) mass is 404 g/mol. The molecule has 0 bridgehead atoms. The number of rotatable bonds is 3. The lowest BCUT2D eigenvalue weighted by Gasteiger charge is -2.21. The van der Waals surface area contributed by atoms with Crippen molar-refractivity contribution in [3.63, 3.8) is 0 Å². The molecule has 0 aromatic heterocycles. The maximum absolute atomic E-state index is 5.95. The normalized spacial score (nSPS) is 15.9. The van der Waals surface area contributed by atoms with E-state index in [-0.39, 0.29) is 0 Å². The molecular formula is C3H4Cl8Si3. The predicted octanol–water partition coefficient (Wildman–Crippen LogP) is 5.39. The molecule has 0 atom stereocenters. The van der Waals surface area contributed by atoms with Crippen LogP contribution in [0.4, 0.5) is 0 Å². The van der Waals surface area contributed by atoms with Gasteiger partial charge in [-0.3, -0.25) is 0 Å². The molecule has 0 nitrogen and oxygen atoms in total. The Hall–Kier alpha value is 2.71. The van der Waals surface area contributed by atoms with Gasteiger partial charge in [0.25, 0.3) is 6.69 Å². The number of hydrogen-bond donors (Lipinski definition) is 0. The van der Waals surface area contributed by atoms with Gasteiger partial charge in [0.05, 0.1) is 0 Å². The zero-order valence-electron chi connectivity index (χ0n) is 6.60. The molecule has 84 valence electrons. The van der Waals surface area contributed by atoms with E-state index in [0.717, 1.165) is 0 Å². The molecule has 0 spiro atoms. The predicted molar refractivity (Wildman–Crippen MR) is 78.0 cm³/mol. The Morgan fingerprint density at radius 1 is 0.857 bits per heavy atom. The summed E-state index contributed by atoms with van der Waals surface area (Å²) in [5.41, 5.74) is 1.34. The molecule has 0 rings (SSSR count). The quantitative estimate of drug-likeness (QED) is 0.434. The van der Waals surface area contributed by atoms with Crippen molar-refractivity contribution in [2.45, 2.75) is 6.55 Å². The van der Waals surface area contributed by atoms with Gasteiger partial charge in [-0.2, -0.15) is 0 Å². The van der Waals surface area contributed by atoms with Crippen molar-refractivity contribution in [1.82, 2.24) is 0 Å². The van der Waals surface area contributed by atoms with Crippen LogP contribution >= 0.6 is 88.6 Å². The highest BCUT2D eigenvalue weighted by Gasteiger charge is 2.45. The summed E-state index contributed by atoms with van der Waals surface area (Å²) in [4.78, 5) is 0.324. The van der Waals surface area contributed by atoms with Crippen LogP contribution in [0.5, 0.6) is 0 Å². The maximum atomic E-state index is 5.95. The molecule has 0 fully saturated rings. The van der Waals surface area contributed by atoms with Gasteiger partial charge < -0.3 is 0 Å². The number of hydrogen-bond acceptors (Lipinski definition) is 0. The summed E-state index contributed by atoms with van der Waals surface area (Å²) >= 11 is 46.4. The zero-order chi connectivity index (χ0) is 11.8. The Kier molecular flexibility index (Phi) is 6.65.